The third-order valence-electron chi connectivity index (χ3n) is 4.35. The van der Waals surface area contributed by atoms with Crippen LogP contribution in [-0.2, 0) is 6.42 Å². The highest BCUT2D eigenvalue weighted by Gasteiger charge is 2.29. The van der Waals surface area contributed by atoms with Crippen molar-refractivity contribution in [3.05, 3.63) is 30.1 Å². The number of pyridine rings is 1. The molecule has 1 aromatic rings. The smallest absolute Gasteiger partial charge is 0.0270 e. The van der Waals surface area contributed by atoms with E-state index < -0.39 is 0 Å². The Bertz CT molecular complexity index is 328. The zero-order valence-corrected chi connectivity index (χ0v) is 11.4. The van der Waals surface area contributed by atoms with E-state index in [1.807, 2.05) is 12.4 Å². The molecule has 0 bridgehead atoms. The van der Waals surface area contributed by atoms with Crippen LogP contribution in [-0.4, -0.2) is 4.98 Å². The van der Waals surface area contributed by atoms with Gasteiger partial charge in [-0.2, -0.15) is 0 Å². The lowest BCUT2D eigenvalue weighted by atomic mass is 9.69. The first-order chi connectivity index (χ1) is 8.05. The van der Waals surface area contributed by atoms with Gasteiger partial charge in [0, 0.05) is 12.4 Å². The SMILES string of the molecule is CC(C)(C)C1CCC(Cc2ccncc2)CC1. The van der Waals surface area contributed by atoms with E-state index in [1.165, 1.54) is 37.7 Å². The van der Waals surface area contributed by atoms with Crippen LogP contribution in [0.1, 0.15) is 52.0 Å². The molecule has 0 aromatic carbocycles. The van der Waals surface area contributed by atoms with Crippen LogP contribution in [0.2, 0.25) is 0 Å². The van der Waals surface area contributed by atoms with Crippen molar-refractivity contribution < 1.29 is 0 Å². The Morgan fingerprint density at radius 1 is 1.06 bits per heavy atom. The van der Waals surface area contributed by atoms with Crippen molar-refractivity contribution in [1.29, 1.82) is 0 Å². The molecule has 0 N–H and O–H groups in total. The summed E-state index contributed by atoms with van der Waals surface area (Å²) in [5.74, 6) is 1.83. The summed E-state index contributed by atoms with van der Waals surface area (Å²) in [6.45, 7) is 7.17. The molecule has 0 amide bonds. The molecule has 0 atom stereocenters. The summed E-state index contributed by atoms with van der Waals surface area (Å²) in [6.07, 6.45) is 10.7. The number of nitrogens with zero attached hydrogens (tertiary/aromatic N) is 1. The third kappa shape index (κ3) is 3.55. The van der Waals surface area contributed by atoms with Gasteiger partial charge in [-0.15, -0.1) is 0 Å². The van der Waals surface area contributed by atoms with Gasteiger partial charge in [0.1, 0.15) is 0 Å². The number of aromatic nitrogens is 1. The first-order valence-electron chi connectivity index (χ1n) is 6.94. The minimum absolute atomic E-state index is 0.502. The summed E-state index contributed by atoms with van der Waals surface area (Å²) in [5.41, 5.74) is 1.96. The summed E-state index contributed by atoms with van der Waals surface area (Å²) >= 11 is 0. The summed E-state index contributed by atoms with van der Waals surface area (Å²) in [4.78, 5) is 4.08. The maximum absolute atomic E-state index is 4.08. The van der Waals surface area contributed by atoms with Crippen LogP contribution in [0.3, 0.4) is 0 Å². The van der Waals surface area contributed by atoms with E-state index in [9.17, 15) is 0 Å². The lowest BCUT2D eigenvalue weighted by Gasteiger charge is -2.37. The van der Waals surface area contributed by atoms with Crippen LogP contribution in [0.15, 0.2) is 24.5 Å². The van der Waals surface area contributed by atoms with Gasteiger partial charge in [0.15, 0.2) is 0 Å². The predicted octanol–water partition coefficient (Wildman–Crippen LogP) is 4.48. The molecular weight excluding hydrogens is 206 g/mol. The fourth-order valence-electron chi connectivity index (χ4n) is 3.08. The molecule has 1 fully saturated rings. The van der Waals surface area contributed by atoms with E-state index >= 15 is 0 Å². The molecule has 17 heavy (non-hydrogen) atoms. The van der Waals surface area contributed by atoms with Gasteiger partial charge in [-0.1, -0.05) is 20.8 Å². The monoisotopic (exact) mass is 231 g/mol. The minimum Gasteiger partial charge on any atom is -0.265 e. The summed E-state index contributed by atoms with van der Waals surface area (Å²) in [5, 5.41) is 0. The van der Waals surface area contributed by atoms with E-state index in [0.29, 0.717) is 5.41 Å². The molecule has 1 heterocycles. The first kappa shape index (κ1) is 12.6. The van der Waals surface area contributed by atoms with Crippen LogP contribution >= 0.6 is 0 Å². The van der Waals surface area contributed by atoms with Crippen LogP contribution in [0.4, 0.5) is 0 Å². The number of hydrogen-bond acceptors (Lipinski definition) is 1. The Labute approximate surface area is 106 Å². The maximum Gasteiger partial charge on any atom is 0.0270 e. The molecular formula is C16H25N. The van der Waals surface area contributed by atoms with Gasteiger partial charge in [-0.25, -0.2) is 0 Å². The molecule has 0 radical (unpaired) electrons. The highest BCUT2D eigenvalue weighted by Crippen LogP contribution is 2.40. The van der Waals surface area contributed by atoms with Gasteiger partial charge in [0.2, 0.25) is 0 Å². The molecule has 1 aliphatic rings. The van der Waals surface area contributed by atoms with Crippen molar-refractivity contribution in [2.24, 2.45) is 17.3 Å². The van der Waals surface area contributed by atoms with Gasteiger partial charge >= 0.3 is 0 Å². The molecule has 1 aromatic heterocycles. The molecule has 1 nitrogen and oxygen atoms in total. The summed E-state index contributed by atoms with van der Waals surface area (Å²) < 4.78 is 0. The van der Waals surface area contributed by atoms with Crippen molar-refractivity contribution in [3.8, 4) is 0 Å². The maximum atomic E-state index is 4.08. The molecule has 0 aliphatic heterocycles. The standard InChI is InChI=1S/C16H25N/c1-16(2,3)15-6-4-13(5-7-15)12-14-8-10-17-11-9-14/h8-11,13,15H,4-7,12H2,1-3H3. The molecule has 1 aliphatic carbocycles. The predicted molar refractivity (Wildman–Crippen MR) is 72.8 cm³/mol. The molecule has 0 unspecified atom stereocenters. The van der Waals surface area contributed by atoms with Gasteiger partial charge in [0.25, 0.3) is 0 Å². The fourth-order valence-corrected chi connectivity index (χ4v) is 3.08. The second-order valence-corrected chi connectivity index (χ2v) is 6.64. The van der Waals surface area contributed by atoms with E-state index in [2.05, 4.69) is 37.9 Å². The average molecular weight is 231 g/mol. The van der Waals surface area contributed by atoms with Gasteiger partial charge in [-0.05, 0) is 67.1 Å². The molecule has 0 spiro atoms. The number of rotatable bonds is 2. The second-order valence-electron chi connectivity index (χ2n) is 6.64. The van der Waals surface area contributed by atoms with Crippen LogP contribution < -0.4 is 0 Å². The van der Waals surface area contributed by atoms with E-state index in [4.69, 9.17) is 0 Å². The quantitative estimate of drug-likeness (QED) is 0.731. The van der Waals surface area contributed by atoms with Crippen molar-refractivity contribution in [2.45, 2.75) is 52.9 Å². The average Bonchev–Trinajstić information content (AvgIpc) is 2.30. The topological polar surface area (TPSA) is 12.9 Å². The zero-order chi connectivity index (χ0) is 12.3. The van der Waals surface area contributed by atoms with Gasteiger partial charge < -0.3 is 0 Å². The Kier molecular flexibility index (Phi) is 3.86. The number of hydrogen-bond donors (Lipinski definition) is 0. The largest absolute Gasteiger partial charge is 0.265 e. The van der Waals surface area contributed by atoms with Crippen molar-refractivity contribution >= 4 is 0 Å². The normalized spacial score (nSPS) is 25.8. The van der Waals surface area contributed by atoms with Gasteiger partial charge in [-0.3, -0.25) is 4.98 Å². The summed E-state index contributed by atoms with van der Waals surface area (Å²) in [6, 6.07) is 4.33. The molecule has 1 saturated carbocycles. The molecule has 94 valence electrons. The Hall–Kier alpha value is -0.850. The lowest BCUT2D eigenvalue weighted by molar-refractivity contribution is 0.150. The summed E-state index contributed by atoms with van der Waals surface area (Å²) in [7, 11) is 0. The van der Waals surface area contributed by atoms with E-state index in [-0.39, 0.29) is 0 Å². The molecule has 1 heteroatoms. The Morgan fingerprint density at radius 2 is 1.65 bits per heavy atom. The highest BCUT2D eigenvalue weighted by atomic mass is 14.6. The van der Waals surface area contributed by atoms with Crippen LogP contribution in [0, 0.1) is 17.3 Å². The fraction of sp³-hybridized carbons (Fsp3) is 0.688. The Balaban J connectivity index is 1.84. The third-order valence-corrected chi connectivity index (χ3v) is 4.35. The molecule has 2 rings (SSSR count). The molecule has 0 saturated heterocycles. The second kappa shape index (κ2) is 5.20. The van der Waals surface area contributed by atoms with Crippen molar-refractivity contribution in [3.63, 3.8) is 0 Å². The van der Waals surface area contributed by atoms with E-state index in [1.54, 1.807) is 0 Å². The Morgan fingerprint density at radius 3 is 2.18 bits per heavy atom. The lowest BCUT2D eigenvalue weighted by Crippen LogP contribution is -2.26. The van der Waals surface area contributed by atoms with Crippen molar-refractivity contribution in [1.82, 2.24) is 4.98 Å². The zero-order valence-electron chi connectivity index (χ0n) is 11.4. The minimum atomic E-state index is 0.502. The van der Waals surface area contributed by atoms with Crippen molar-refractivity contribution in [2.75, 3.05) is 0 Å². The van der Waals surface area contributed by atoms with Crippen LogP contribution in [0.5, 0.6) is 0 Å². The highest BCUT2D eigenvalue weighted by molar-refractivity contribution is 5.10. The first-order valence-corrected chi connectivity index (χ1v) is 6.94. The van der Waals surface area contributed by atoms with E-state index in [0.717, 1.165) is 11.8 Å². The van der Waals surface area contributed by atoms with Crippen LogP contribution in [0.25, 0.3) is 0 Å². The van der Waals surface area contributed by atoms with Gasteiger partial charge in [0.05, 0.1) is 0 Å².